The van der Waals surface area contributed by atoms with Gasteiger partial charge in [-0.3, -0.25) is 4.79 Å². The number of carbonyl (C=O) groups is 3. The van der Waals surface area contributed by atoms with Crippen molar-refractivity contribution in [2.75, 3.05) is 13.2 Å². The monoisotopic (exact) mass is 494 g/mol. The Morgan fingerprint density at radius 2 is 1.36 bits per heavy atom. The molecule has 0 aromatic heterocycles. The lowest BCUT2D eigenvalue weighted by molar-refractivity contribution is -0.149. The highest BCUT2D eigenvalue weighted by Gasteiger charge is 2.33. The van der Waals surface area contributed by atoms with Crippen LogP contribution >= 0.6 is 0 Å². The molecule has 2 N–H and O–H groups in total. The molecule has 0 saturated carbocycles. The third-order valence-corrected chi connectivity index (χ3v) is 6.53. The molecule has 1 aliphatic rings. The average Bonchev–Trinajstić information content (AvgIpc) is 3.17. The minimum atomic E-state index is -0.856. The smallest absolute Gasteiger partial charge is 0.407 e. The molecular formula is C29H38N2O5. The zero-order valence-electron chi connectivity index (χ0n) is 21.9. The summed E-state index contributed by atoms with van der Waals surface area (Å²) in [6.45, 7) is 9.84. The molecule has 0 fully saturated rings. The van der Waals surface area contributed by atoms with Gasteiger partial charge in [-0.25, -0.2) is 9.59 Å². The highest BCUT2D eigenvalue weighted by molar-refractivity contribution is 5.90. The molecule has 2 aromatic carbocycles. The Balaban J connectivity index is 1.63. The molecule has 7 heteroatoms. The fourth-order valence-corrected chi connectivity index (χ4v) is 4.45. The molecular weight excluding hydrogens is 456 g/mol. The number of fused-ring (bicyclic) bond motifs is 3. The Morgan fingerprint density at radius 1 is 0.806 bits per heavy atom. The van der Waals surface area contributed by atoms with Crippen molar-refractivity contribution in [3.63, 3.8) is 0 Å². The molecule has 0 spiro atoms. The maximum absolute atomic E-state index is 13.1. The predicted molar refractivity (Wildman–Crippen MR) is 139 cm³/mol. The number of ether oxygens (including phenoxy) is 2. The minimum Gasteiger partial charge on any atom is -0.464 e. The van der Waals surface area contributed by atoms with E-state index in [0.29, 0.717) is 6.61 Å². The van der Waals surface area contributed by atoms with E-state index < -0.39 is 30.1 Å². The number of hydrogen-bond acceptors (Lipinski definition) is 5. The van der Waals surface area contributed by atoms with Gasteiger partial charge >= 0.3 is 12.1 Å². The molecule has 0 heterocycles. The molecule has 194 valence electrons. The van der Waals surface area contributed by atoms with Gasteiger partial charge in [0.15, 0.2) is 0 Å². The highest BCUT2D eigenvalue weighted by Crippen LogP contribution is 2.44. The van der Waals surface area contributed by atoms with Crippen LogP contribution in [0.1, 0.15) is 64.5 Å². The van der Waals surface area contributed by atoms with Crippen LogP contribution in [0.15, 0.2) is 48.5 Å². The van der Waals surface area contributed by atoms with Crippen LogP contribution < -0.4 is 10.6 Å². The van der Waals surface area contributed by atoms with Gasteiger partial charge in [-0.05, 0) is 40.5 Å². The SMILES string of the molecule is CCCCOC(=O)[C@@H](NC(=O)[C@@H](NC(=O)OCC1c2ccccc2-c2ccccc21)C(C)C)C(C)C. The van der Waals surface area contributed by atoms with Crippen molar-refractivity contribution in [3.05, 3.63) is 59.7 Å². The zero-order chi connectivity index (χ0) is 26.2. The normalized spacial score (nSPS) is 14.1. The van der Waals surface area contributed by atoms with Crippen LogP contribution in [0.3, 0.4) is 0 Å². The molecule has 0 aliphatic heterocycles. The summed E-state index contributed by atoms with van der Waals surface area (Å²) < 4.78 is 10.9. The molecule has 1 aliphatic carbocycles. The number of rotatable bonds is 11. The van der Waals surface area contributed by atoms with Crippen LogP contribution in [-0.2, 0) is 19.1 Å². The number of hydrogen-bond donors (Lipinski definition) is 2. The topological polar surface area (TPSA) is 93.7 Å². The van der Waals surface area contributed by atoms with Crippen molar-refractivity contribution < 1.29 is 23.9 Å². The van der Waals surface area contributed by atoms with Crippen LogP contribution in [0.25, 0.3) is 11.1 Å². The largest absolute Gasteiger partial charge is 0.464 e. The van der Waals surface area contributed by atoms with Gasteiger partial charge in [0.2, 0.25) is 5.91 Å². The Bertz CT molecular complexity index is 1020. The van der Waals surface area contributed by atoms with Gasteiger partial charge in [-0.1, -0.05) is 89.6 Å². The zero-order valence-corrected chi connectivity index (χ0v) is 21.9. The fourth-order valence-electron chi connectivity index (χ4n) is 4.45. The summed E-state index contributed by atoms with van der Waals surface area (Å²) in [5, 5.41) is 5.47. The quantitative estimate of drug-likeness (QED) is 0.337. The highest BCUT2D eigenvalue weighted by atomic mass is 16.5. The summed E-state index contributed by atoms with van der Waals surface area (Å²) in [5.74, 6) is -1.35. The summed E-state index contributed by atoms with van der Waals surface area (Å²) in [6, 6.07) is 14.6. The Labute approximate surface area is 213 Å². The second-order valence-electron chi connectivity index (χ2n) is 9.94. The van der Waals surface area contributed by atoms with E-state index in [2.05, 4.69) is 34.9 Å². The Kier molecular flexibility index (Phi) is 9.51. The average molecular weight is 495 g/mol. The van der Waals surface area contributed by atoms with Gasteiger partial charge in [0, 0.05) is 5.92 Å². The first-order valence-corrected chi connectivity index (χ1v) is 12.8. The molecule has 0 unspecified atom stereocenters. The molecule has 0 radical (unpaired) electrons. The van der Waals surface area contributed by atoms with Crippen molar-refractivity contribution in [2.45, 2.75) is 65.5 Å². The van der Waals surface area contributed by atoms with Gasteiger partial charge < -0.3 is 20.1 Å². The van der Waals surface area contributed by atoms with E-state index in [-0.39, 0.29) is 24.4 Å². The van der Waals surface area contributed by atoms with Gasteiger partial charge in [0.25, 0.3) is 0 Å². The number of alkyl carbamates (subject to hydrolysis) is 1. The summed E-state index contributed by atoms with van der Waals surface area (Å²) in [6.07, 6.45) is 1.01. The van der Waals surface area contributed by atoms with Crippen LogP contribution in [0.5, 0.6) is 0 Å². The van der Waals surface area contributed by atoms with Crippen LogP contribution in [0.4, 0.5) is 4.79 Å². The van der Waals surface area contributed by atoms with E-state index in [1.54, 1.807) is 0 Å². The maximum atomic E-state index is 13.1. The van der Waals surface area contributed by atoms with Gasteiger partial charge in [0.1, 0.15) is 18.7 Å². The van der Waals surface area contributed by atoms with Gasteiger partial charge in [-0.2, -0.15) is 0 Å². The maximum Gasteiger partial charge on any atom is 0.407 e. The molecule has 3 rings (SSSR count). The van der Waals surface area contributed by atoms with Gasteiger partial charge in [-0.15, -0.1) is 0 Å². The lowest BCUT2D eigenvalue weighted by Crippen LogP contribution is -2.55. The molecule has 36 heavy (non-hydrogen) atoms. The molecule has 0 bridgehead atoms. The summed E-state index contributed by atoms with van der Waals surface area (Å²) >= 11 is 0. The first kappa shape index (κ1) is 27.2. The van der Waals surface area contributed by atoms with Crippen LogP contribution in [-0.4, -0.2) is 43.3 Å². The third-order valence-electron chi connectivity index (χ3n) is 6.53. The predicted octanol–water partition coefficient (Wildman–Crippen LogP) is 5.03. The number of unbranched alkanes of at least 4 members (excludes halogenated alkanes) is 1. The second kappa shape index (κ2) is 12.6. The molecule has 2 aromatic rings. The number of benzene rings is 2. The van der Waals surface area contributed by atoms with Crippen molar-refractivity contribution in [1.29, 1.82) is 0 Å². The first-order chi connectivity index (χ1) is 17.2. The van der Waals surface area contributed by atoms with Crippen molar-refractivity contribution in [1.82, 2.24) is 10.6 Å². The summed E-state index contributed by atoms with van der Waals surface area (Å²) in [5.41, 5.74) is 4.52. The van der Waals surface area contributed by atoms with E-state index in [0.717, 1.165) is 35.1 Å². The van der Waals surface area contributed by atoms with E-state index in [1.807, 2.05) is 58.9 Å². The minimum absolute atomic E-state index is 0.0716. The van der Waals surface area contributed by atoms with E-state index in [9.17, 15) is 14.4 Å². The number of amides is 2. The van der Waals surface area contributed by atoms with Crippen molar-refractivity contribution in [3.8, 4) is 11.1 Å². The van der Waals surface area contributed by atoms with Crippen LogP contribution in [0.2, 0.25) is 0 Å². The number of carbonyl (C=O) groups excluding carboxylic acids is 3. The van der Waals surface area contributed by atoms with Crippen molar-refractivity contribution in [2.24, 2.45) is 11.8 Å². The standard InChI is InChI=1S/C29H38N2O5/c1-6-7-16-35-28(33)26(19(4)5)30-27(32)25(18(2)3)31-29(34)36-17-24-22-14-10-8-12-20(22)21-13-9-11-15-23(21)24/h8-15,18-19,24-26H,6-7,16-17H2,1-5H3,(H,30,32)(H,31,34)/t25-,26-/m0/s1. The van der Waals surface area contributed by atoms with E-state index in [4.69, 9.17) is 9.47 Å². The van der Waals surface area contributed by atoms with E-state index >= 15 is 0 Å². The Morgan fingerprint density at radius 3 is 1.89 bits per heavy atom. The van der Waals surface area contributed by atoms with Crippen molar-refractivity contribution >= 4 is 18.0 Å². The molecule has 2 atom stereocenters. The number of nitrogens with one attached hydrogen (secondary N) is 2. The van der Waals surface area contributed by atoms with Crippen LogP contribution in [0, 0.1) is 11.8 Å². The Hall–Kier alpha value is -3.35. The molecule has 0 saturated heterocycles. The molecule has 2 amide bonds. The molecule has 7 nitrogen and oxygen atoms in total. The third kappa shape index (κ3) is 6.45. The first-order valence-electron chi connectivity index (χ1n) is 12.8. The van der Waals surface area contributed by atoms with E-state index in [1.165, 1.54) is 0 Å². The number of esters is 1. The lowest BCUT2D eigenvalue weighted by atomic mass is 9.98. The second-order valence-corrected chi connectivity index (χ2v) is 9.94. The van der Waals surface area contributed by atoms with Gasteiger partial charge in [0.05, 0.1) is 6.61 Å². The fraction of sp³-hybridized carbons (Fsp3) is 0.483. The summed E-state index contributed by atoms with van der Waals surface area (Å²) in [7, 11) is 0. The summed E-state index contributed by atoms with van der Waals surface area (Å²) in [4.78, 5) is 38.3. The lowest BCUT2D eigenvalue weighted by Gasteiger charge is -2.26.